The Hall–Kier alpha value is -1.79. The molecule has 6 heteroatoms. The minimum absolute atomic E-state index is 0.226. The number of hydrogen-bond acceptors (Lipinski definition) is 5. The quantitative estimate of drug-likeness (QED) is 0.878. The molecule has 1 aromatic carbocycles. The average Bonchev–Trinajstić information content (AvgIpc) is 3.13. The second-order valence-electron chi connectivity index (χ2n) is 6.75. The van der Waals surface area contributed by atoms with Crippen molar-refractivity contribution in [1.29, 1.82) is 0 Å². The largest absolute Gasteiger partial charge is 0.395 e. The van der Waals surface area contributed by atoms with Crippen LogP contribution in [0.4, 0.5) is 0 Å². The molecule has 1 aromatic heterocycles. The summed E-state index contributed by atoms with van der Waals surface area (Å²) in [6.07, 6.45) is 4.67. The number of tetrazole rings is 1. The van der Waals surface area contributed by atoms with Crippen molar-refractivity contribution in [1.82, 2.24) is 25.1 Å². The molecule has 1 aliphatic carbocycles. The van der Waals surface area contributed by atoms with Crippen LogP contribution in [0.25, 0.3) is 0 Å². The number of hydrogen-bond donors (Lipinski definition) is 1. The third-order valence-corrected chi connectivity index (χ3v) is 5.05. The van der Waals surface area contributed by atoms with Crippen LogP contribution in [-0.4, -0.2) is 49.4 Å². The maximum absolute atomic E-state index is 9.69. The fraction of sp³-hybridized carbons (Fsp3) is 0.588. The van der Waals surface area contributed by atoms with Crippen molar-refractivity contribution in [2.45, 2.75) is 44.3 Å². The van der Waals surface area contributed by atoms with Crippen molar-refractivity contribution in [2.24, 2.45) is 5.92 Å². The van der Waals surface area contributed by atoms with Crippen molar-refractivity contribution in [3.05, 3.63) is 41.7 Å². The van der Waals surface area contributed by atoms with Gasteiger partial charge in [0.15, 0.2) is 5.82 Å². The molecule has 2 heterocycles. The number of aliphatic hydroxyl groups is 1. The lowest BCUT2D eigenvalue weighted by molar-refractivity contribution is 0.119. The third kappa shape index (κ3) is 3.14. The maximum atomic E-state index is 9.69. The van der Waals surface area contributed by atoms with Gasteiger partial charge in [-0.25, -0.2) is 4.68 Å². The molecule has 1 saturated carbocycles. The van der Waals surface area contributed by atoms with Crippen LogP contribution in [0.3, 0.4) is 0 Å². The van der Waals surface area contributed by atoms with Crippen molar-refractivity contribution in [3.8, 4) is 0 Å². The maximum Gasteiger partial charge on any atom is 0.168 e. The fourth-order valence-corrected chi connectivity index (χ4v) is 3.60. The highest BCUT2D eigenvalue weighted by Crippen LogP contribution is 2.39. The van der Waals surface area contributed by atoms with Crippen LogP contribution in [-0.2, 0) is 6.54 Å². The van der Waals surface area contributed by atoms with Crippen LogP contribution in [0, 0.1) is 5.92 Å². The molecule has 0 bridgehead atoms. The molecular formula is C17H23N5O. The van der Waals surface area contributed by atoms with E-state index < -0.39 is 0 Å². The zero-order chi connectivity index (χ0) is 15.6. The van der Waals surface area contributed by atoms with E-state index in [0.717, 1.165) is 31.1 Å². The van der Waals surface area contributed by atoms with Gasteiger partial charge in [-0.3, -0.25) is 4.90 Å². The van der Waals surface area contributed by atoms with Crippen molar-refractivity contribution in [3.63, 3.8) is 0 Å². The van der Waals surface area contributed by atoms with Gasteiger partial charge in [-0.05, 0) is 47.6 Å². The second kappa shape index (κ2) is 6.37. The highest BCUT2D eigenvalue weighted by Gasteiger charge is 2.39. The van der Waals surface area contributed by atoms with E-state index in [4.69, 9.17) is 0 Å². The normalized spacial score (nSPS) is 25.1. The zero-order valence-electron chi connectivity index (χ0n) is 13.3. The monoisotopic (exact) mass is 313 g/mol. The first-order valence-corrected chi connectivity index (χ1v) is 8.51. The molecule has 0 amide bonds. The molecule has 1 N–H and O–H groups in total. The Morgan fingerprint density at radius 2 is 1.91 bits per heavy atom. The minimum Gasteiger partial charge on any atom is -0.395 e. The smallest absolute Gasteiger partial charge is 0.168 e. The Bertz CT molecular complexity index is 639. The van der Waals surface area contributed by atoms with E-state index in [9.17, 15) is 5.11 Å². The number of aliphatic hydroxyl groups excluding tert-OH is 1. The van der Waals surface area contributed by atoms with Crippen LogP contribution < -0.4 is 0 Å². The Morgan fingerprint density at radius 1 is 1.09 bits per heavy atom. The highest BCUT2D eigenvalue weighted by atomic mass is 16.3. The van der Waals surface area contributed by atoms with Crippen LogP contribution in [0.15, 0.2) is 30.3 Å². The van der Waals surface area contributed by atoms with E-state index in [2.05, 4.69) is 32.6 Å². The number of aromatic nitrogens is 4. The molecule has 122 valence electrons. The SMILES string of the molecule is OC[C@@H]1CC[C@@H](c2nnnn2Cc2ccccc2)N1CC1CC1. The zero-order valence-corrected chi connectivity index (χ0v) is 13.3. The standard InChI is InChI=1S/C17H23N5O/c23-12-15-8-9-16(21(15)10-14-6-7-14)17-18-19-20-22(17)11-13-4-2-1-3-5-13/h1-5,14-16,23H,6-12H2/t15-,16-/m0/s1. The van der Waals surface area contributed by atoms with Gasteiger partial charge in [-0.15, -0.1) is 5.10 Å². The van der Waals surface area contributed by atoms with Gasteiger partial charge in [0.2, 0.25) is 0 Å². The predicted octanol–water partition coefficient (Wildman–Crippen LogP) is 1.63. The third-order valence-electron chi connectivity index (χ3n) is 5.05. The van der Waals surface area contributed by atoms with E-state index in [0.29, 0.717) is 6.54 Å². The van der Waals surface area contributed by atoms with Crippen LogP contribution in [0.5, 0.6) is 0 Å². The van der Waals surface area contributed by atoms with Gasteiger partial charge >= 0.3 is 0 Å². The molecule has 2 atom stereocenters. The summed E-state index contributed by atoms with van der Waals surface area (Å²) < 4.78 is 1.92. The summed E-state index contributed by atoms with van der Waals surface area (Å²) in [6.45, 7) is 1.98. The van der Waals surface area contributed by atoms with Crippen molar-refractivity contribution < 1.29 is 5.11 Å². The average molecular weight is 313 g/mol. The Kier molecular flexibility index (Phi) is 4.10. The topological polar surface area (TPSA) is 67.1 Å². The van der Waals surface area contributed by atoms with E-state index in [-0.39, 0.29) is 18.7 Å². The molecule has 6 nitrogen and oxygen atoms in total. The first-order chi connectivity index (χ1) is 11.3. The minimum atomic E-state index is 0.226. The molecule has 2 aliphatic rings. The van der Waals surface area contributed by atoms with E-state index in [1.807, 2.05) is 22.9 Å². The van der Waals surface area contributed by atoms with E-state index in [1.165, 1.54) is 18.4 Å². The summed E-state index contributed by atoms with van der Waals surface area (Å²) in [7, 11) is 0. The van der Waals surface area contributed by atoms with Gasteiger partial charge in [0, 0.05) is 12.6 Å². The summed E-state index contributed by atoms with van der Waals surface area (Å²) in [5.74, 6) is 1.73. The van der Waals surface area contributed by atoms with E-state index >= 15 is 0 Å². The molecule has 0 radical (unpaired) electrons. The van der Waals surface area contributed by atoms with Gasteiger partial charge in [-0.2, -0.15) is 0 Å². The summed E-state index contributed by atoms with van der Waals surface area (Å²) in [5, 5.41) is 22.1. The van der Waals surface area contributed by atoms with Gasteiger partial charge in [0.25, 0.3) is 0 Å². The summed E-state index contributed by atoms with van der Waals surface area (Å²) in [6, 6.07) is 10.8. The number of nitrogens with zero attached hydrogens (tertiary/aromatic N) is 5. The molecule has 4 rings (SSSR count). The molecule has 1 aliphatic heterocycles. The lowest BCUT2D eigenvalue weighted by Gasteiger charge is -2.28. The Morgan fingerprint density at radius 3 is 2.65 bits per heavy atom. The second-order valence-corrected chi connectivity index (χ2v) is 6.75. The van der Waals surface area contributed by atoms with Gasteiger partial charge in [0.05, 0.1) is 19.2 Å². The Labute approximate surface area is 136 Å². The van der Waals surface area contributed by atoms with E-state index in [1.54, 1.807) is 0 Å². The van der Waals surface area contributed by atoms with Gasteiger partial charge < -0.3 is 5.11 Å². The number of benzene rings is 1. The first-order valence-electron chi connectivity index (χ1n) is 8.51. The molecule has 2 aromatic rings. The van der Waals surface area contributed by atoms with Gasteiger partial charge in [-0.1, -0.05) is 30.3 Å². The molecule has 23 heavy (non-hydrogen) atoms. The molecule has 0 unspecified atom stereocenters. The first kappa shape index (κ1) is 14.8. The number of rotatable bonds is 6. The van der Waals surface area contributed by atoms with Crippen LogP contribution in [0.1, 0.15) is 43.1 Å². The summed E-state index contributed by atoms with van der Waals surface area (Å²) in [5.41, 5.74) is 1.20. The lowest BCUT2D eigenvalue weighted by Crippen LogP contribution is -2.36. The molecule has 1 saturated heterocycles. The van der Waals surface area contributed by atoms with Crippen molar-refractivity contribution >= 4 is 0 Å². The lowest BCUT2D eigenvalue weighted by atomic mass is 10.2. The van der Waals surface area contributed by atoms with Crippen LogP contribution in [0.2, 0.25) is 0 Å². The van der Waals surface area contributed by atoms with Crippen molar-refractivity contribution in [2.75, 3.05) is 13.2 Å². The molecule has 0 spiro atoms. The summed E-state index contributed by atoms with van der Waals surface area (Å²) in [4.78, 5) is 2.44. The van der Waals surface area contributed by atoms with Gasteiger partial charge in [0.1, 0.15) is 0 Å². The predicted molar refractivity (Wildman–Crippen MR) is 85.6 cm³/mol. The van der Waals surface area contributed by atoms with Crippen LogP contribution >= 0.6 is 0 Å². The fourth-order valence-electron chi connectivity index (χ4n) is 3.60. The Balaban J connectivity index is 1.56. The molecule has 2 fully saturated rings. The number of likely N-dealkylation sites (tertiary alicyclic amines) is 1. The summed E-state index contributed by atoms with van der Waals surface area (Å²) >= 11 is 0. The molecular weight excluding hydrogens is 290 g/mol. The highest BCUT2D eigenvalue weighted by molar-refractivity contribution is 5.15.